The molecular weight excluding hydrogens is 307 g/mol. The Balaban J connectivity index is 2.03. The van der Waals surface area contributed by atoms with Crippen LogP contribution in [-0.4, -0.2) is 32.4 Å². The number of nitrogens with one attached hydrogen (secondary N) is 1. The van der Waals surface area contributed by atoms with E-state index in [4.69, 9.17) is 0 Å². The second-order valence-corrected chi connectivity index (χ2v) is 6.64. The first-order valence-corrected chi connectivity index (χ1v) is 7.68. The molecule has 1 aromatic rings. The highest BCUT2D eigenvalue weighted by Crippen LogP contribution is 2.36. The molecule has 0 unspecified atom stereocenters. The quantitative estimate of drug-likeness (QED) is 0.862. The number of rotatable bonds is 1. The van der Waals surface area contributed by atoms with Gasteiger partial charge in [0, 0.05) is 13.1 Å². The second kappa shape index (κ2) is 4.36. The number of guanidine groups is 1. The van der Waals surface area contributed by atoms with E-state index in [0.29, 0.717) is 6.07 Å². The molecule has 1 saturated carbocycles. The molecule has 0 amide bonds. The van der Waals surface area contributed by atoms with Crippen LogP contribution in [0.3, 0.4) is 0 Å². The maximum Gasteiger partial charge on any atom is 0.416 e. The third-order valence-corrected chi connectivity index (χ3v) is 4.78. The van der Waals surface area contributed by atoms with Crippen molar-refractivity contribution in [2.75, 3.05) is 12.4 Å². The molecule has 9 heteroatoms. The first-order valence-electron chi connectivity index (χ1n) is 6.24. The molecule has 1 aromatic carbocycles. The number of halogens is 3. The molecule has 5 nitrogen and oxygen atoms in total. The van der Waals surface area contributed by atoms with Crippen molar-refractivity contribution < 1.29 is 21.6 Å². The summed E-state index contributed by atoms with van der Waals surface area (Å²) in [4.78, 5) is 1.24. The van der Waals surface area contributed by atoms with E-state index < -0.39 is 26.7 Å². The predicted octanol–water partition coefficient (Wildman–Crippen LogP) is 2.27. The lowest BCUT2D eigenvalue weighted by Crippen LogP contribution is -2.37. The zero-order valence-corrected chi connectivity index (χ0v) is 11.8. The zero-order valence-electron chi connectivity index (χ0n) is 11.0. The summed E-state index contributed by atoms with van der Waals surface area (Å²) in [6, 6.07) is 2.80. The molecule has 1 N–H and O–H groups in total. The van der Waals surface area contributed by atoms with Crippen molar-refractivity contribution in [3.05, 3.63) is 23.8 Å². The number of hydrogen-bond acceptors (Lipinski definition) is 4. The number of sulfonamides is 1. The van der Waals surface area contributed by atoms with E-state index in [1.54, 1.807) is 11.9 Å². The second-order valence-electron chi connectivity index (χ2n) is 5.07. The van der Waals surface area contributed by atoms with Gasteiger partial charge in [-0.2, -0.15) is 21.6 Å². The average molecular weight is 319 g/mol. The topological polar surface area (TPSA) is 61.8 Å². The van der Waals surface area contributed by atoms with E-state index in [1.165, 1.54) is 0 Å². The number of anilines is 1. The molecule has 0 radical (unpaired) electrons. The fraction of sp³-hybridized carbons (Fsp3) is 0.417. The van der Waals surface area contributed by atoms with Crippen molar-refractivity contribution in [2.45, 2.75) is 30.0 Å². The summed E-state index contributed by atoms with van der Waals surface area (Å²) in [5, 5.41) is 2.78. The average Bonchev–Trinajstić information content (AvgIpc) is 3.19. The number of benzene rings is 1. The highest BCUT2D eigenvalue weighted by Gasteiger charge is 2.36. The highest BCUT2D eigenvalue weighted by molar-refractivity contribution is 7.90. The van der Waals surface area contributed by atoms with Crippen LogP contribution < -0.4 is 5.32 Å². The molecule has 0 aromatic heterocycles. The molecule has 1 heterocycles. The van der Waals surface area contributed by atoms with Crippen LogP contribution in [0.2, 0.25) is 0 Å². The molecule has 21 heavy (non-hydrogen) atoms. The van der Waals surface area contributed by atoms with Gasteiger partial charge in [-0.15, -0.1) is 4.40 Å². The lowest BCUT2D eigenvalue weighted by molar-refractivity contribution is -0.137. The van der Waals surface area contributed by atoms with E-state index in [-0.39, 0.29) is 17.7 Å². The lowest BCUT2D eigenvalue weighted by atomic mass is 10.2. The molecule has 2 aliphatic rings. The minimum absolute atomic E-state index is 0.112. The number of hydrogen-bond donors (Lipinski definition) is 1. The molecule has 114 valence electrons. The standard InChI is InChI=1S/C12H12F3N3O2S/c1-18(8-3-4-8)11-16-9-5-2-7(12(13,14)15)6-10(9)21(19,20)17-11/h2,5-6,8H,3-4H2,1H3,(H,16,17). The Morgan fingerprint density at radius 1 is 1.33 bits per heavy atom. The molecule has 3 rings (SSSR count). The van der Waals surface area contributed by atoms with Gasteiger partial charge >= 0.3 is 6.18 Å². The van der Waals surface area contributed by atoms with Crippen molar-refractivity contribution in [1.29, 1.82) is 0 Å². The smallest absolute Gasteiger partial charge is 0.342 e. The number of alkyl halides is 3. The van der Waals surface area contributed by atoms with Crippen LogP contribution in [0.1, 0.15) is 18.4 Å². The first kappa shape index (κ1) is 14.2. The van der Waals surface area contributed by atoms with Crippen LogP contribution in [-0.2, 0) is 16.2 Å². The Hall–Kier alpha value is -1.77. The van der Waals surface area contributed by atoms with Gasteiger partial charge in [0.25, 0.3) is 10.0 Å². The molecule has 1 aliphatic heterocycles. The van der Waals surface area contributed by atoms with Crippen LogP contribution in [0.15, 0.2) is 27.5 Å². The zero-order chi connectivity index (χ0) is 15.4. The van der Waals surface area contributed by atoms with Gasteiger partial charge in [-0.3, -0.25) is 0 Å². The van der Waals surface area contributed by atoms with Gasteiger partial charge in [-0.05, 0) is 31.0 Å². The first-order chi connectivity index (χ1) is 9.68. The Bertz CT molecular complexity index is 724. The van der Waals surface area contributed by atoms with Crippen LogP contribution in [0.4, 0.5) is 18.9 Å². The maximum absolute atomic E-state index is 12.7. The SMILES string of the molecule is CN(C1=NS(=O)(=O)c2cc(C(F)(F)F)ccc2N1)C1CC1. The summed E-state index contributed by atoms with van der Waals surface area (Å²) in [5.74, 6) is 0.143. The maximum atomic E-state index is 12.7. The summed E-state index contributed by atoms with van der Waals surface area (Å²) in [6.45, 7) is 0. The fourth-order valence-corrected chi connectivity index (χ4v) is 3.28. The van der Waals surface area contributed by atoms with Gasteiger partial charge in [0.1, 0.15) is 4.90 Å². The van der Waals surface area contributed by atoms with Gasteiger partial charge in [-0.1, -0.05) is 0 Å². The molecular formula is C12H12F3N3O2S. The third kappa shape index (κ3) is 2.57. The van der Waals surface area contributed by atoms with E-state index in [0.717, 1.165) is 25.0 Å². The van der Waals surface area contributed by atoms with E-state index in [2.05, 4.69) is 9.71 Å². The highest BCUT2D eigenvalue weighted by atomic mass is 32.2. The van der Waals surface area contributed by atoms with Crippen LogP contribution in [0, 0.1) is 0 Å². The molecule has 0 spiro atoms. The van der Waals surface area contributed by atoms with Crippen LogP contribution >= 0.6 is 0 Å². The van der Waals surface area contributed by atoms with Crippen molar-refractivity contribution in [3.63, 3.8) is 0 Å². The molecule has 1 fully saturated rings. The Morgan fingerprint density at radius 2 is 2.00 bits per heavy atom. The van der Waals surface area contributed by atoms with Gasteiger partial charge in [0.2, 0.25) is 5.96 Å². The normalized spacial score (nSPS) is 20.3. The molecule has 0 bridgehead atoms. The minimum atomic E-state index is -4.60. The third-order valence-electron chi connectivity index (χ3n) is 3.47. The summed E-state index contributed by atoms with van der Waals surface area (Å²) in [7, 11) is -2.44. The minimum Gasteiger partial charge on any atom is -0.342 e. The summed E-state index contributed by atoms with van der Waals surface area (Å²) >= 11 is 0. The van der Waals surface area contributed by atoms with E-state index in [9.17, 15) is 21.6 Å². The van der Waals surface area contributed by atoms with Crippen molar-refractivity contribution in [3.8, 4) is 0 Å². The fourth-order valence-electron chi connectivity index (χ4n) is 2.11. The molecule has 1 aliphatic carbocycles. The Morgan fingerprint density at radius 3 is 2.57 bits per heavy atom. The lowest BCUT2D eigenvalue weighted by Gasteiger charge is -2.26. The predicted molar refractivity (Wildman–Crippen MR) is 70.5 cm³/mol. The molecule has 0 atom stereocenters. The molecule has 0 saturated heterocycles. The van der Waals surface area contributed by atoms with Crippen LogP contribution in [0.5, 0.6) is 0 Å². The monoisotopic (exact) mass is 319 g/mol. The van der Waals surface area contributed by atoms with Gasteiger partial charge in [-0.25, -0.2) is 0 Å². The van der Waals surface area contributed by atoms with Gasteiger partial charge in [0.15, 0.2) is 0 Å². The summed E-state index contributed by atoms with van der Waals surface area (Å²) < 4.78 is 65.8. The largest absolute Gasteiger partial charge is 0.416 e. The summed E-state index contributed by atoms with van der Waals surface area (Å²) in [5.41, 5.74) is -0.902. The Labute approximate surface area is 119 Å². The van der Waals surface area contributed by atoms with E-state index >= 15 is 0 Å². The van der Waals surface area contributed by atoms with Gasteiger partial charge < -0.3 is 10.2 Å². The van der Waals surface area contributed by atoms with Crippen molar-refractivity contribution in [1.82, 2.24) is 4.90 Å². The van der Waals surface area contributed by atoms with E-state index in [1.807, 2.05) is 0 Å². The Kier molecular flexibility index (Phi) is 2.94. The van der Waals surface area contributed by atoms with Crippen molar-refractivity contribution in [2.24, 2.45) is 4.40 Å². The van der Waals surface area contributed by atoms with Gasteiger partial charge in [0.05, 0.1) is 11.3 Å². The number of nitrogens with zero attached hydrogens (tertiary/aromatic N) is 2. The van der Waals surface area contributed by atoms with Crippen LogP contribution in [0.25, 0.3) is 0 Å². The van der Waals surface area contributed by atoms with Crippen molar-refractivity contribution >= 4 is 21.7 Å². The number of fused-ring (bicyclic) bond motifs is 1. The summed E-state index contributed by atoms with van der Waals surface area (Å²) in [6.07, 6.45) is -2.71.